The highest BCUT2D eigenvalue weighted by Gasteiger charge is 2.31. The first-order valence-electron chi connectivity index (χ1n) is 9.71. The molecule has 1 aromatic carbocycles. The molecule has 0 radical (unpaired) electrons. The van der Waals surface area contributed by atoms with E-state index in [0.717, 1.165) is 42.5 Å². The fraction of sp³-hybridized carbons (Fsp3) is 0.550. The van der Waals surface area contributed by atoms with Crippen LogP contribution in [0.3, 0.4) is 0 Å². The number of likely N-dealkylation sites (tertiary alicyclic amines) is 1. The molecule has 1 aliphatic heterocycles. The number of thioether (sulfide) groups is 1. The Kier molecular flexibility index (Phi) is 5.29. The predicted octanol–water partition coefficient (Wildman–Crippen LogP) is 4.03. The first kappa shape index (κ1) is 17.6. The molecule has 4 rings (SSSR count). The number of hydrogen-bond acceptors (Lipinski definition) is 4. The molecule has 0 spiro atoms. The molecular formula is C20H26N4OS. The Balaban J connectivity index is 1.51. The number of rotatable bonds is 6. The maximum absolute atomic E-state index is 12.8. The molecule has 138 valence electrons. The molecule has 1 atom stereocenters. The van der Waals surface area contributed by atoms with Gasteiger partial charge in [-0.2, -0.15) is 0 Å². The summed E-state index contributed by atoms with van der Waals surface area (Å²) in [7, 11) is 0. The van der Waals surface area contributed by atoms with Crippen molar-refractivity contribution in [3.63, 3.8) is 0 Å². The van der Waals surface area contributed by atoms with Crippen LogP contribution in [0, 0.1) is 0 Å². The molecule has 2 heterocycles. The second kappa shape index (κ2) is 7.82. The largest absolute Gasteiger partial charge is 0.339 e. The van der Waals surface area contributed by atoms with Crippen molar-refractivity contribution in [2.75, 3.05) is 12.3 Å². The Morgan fingerprint density at radius 2 is 1.96 bits per heavy atom. The molecular weight excluding hydrogens is 344 g/mol. The first-order valence-corrected chi connectivity index (χ1v) is 10.7. The molecule has 1 aromatic heterocycles. The molecule has 1 saturated heterocycles. The Labute approximate surface area is 159 Å². The molecule has 2 fully saturated rings. The van der Waals surface area contributed by atoms with Crippen LogP contribution in [0.1, 0.15) is 57.2 Å². The van der Waals surface area contributed by atoms with Crippen molar-refractivity contribution in [1.82, 2.24) is 19.7 Å². The molecule has 5 nitrogen and oxygen atoms in total. The molecule has 1 aliphatic carbocycles. The van der Waals surface area contributed by atoms with Gasteiger partial charge in [-0.25, -0.2) is 0 Å². The number of hydrogen-bond donors (Lipinski definition) is 0. The van der Waals surface area contributed by atoms with Crippen molar-refractivity contribution in [2.24, 2.45) is 0 Å². The Bertz CT molecular complexity index is 756. The van der Waals surface area contributed by atoms with Crippen LogP contribution in [0.2, 0.25) is 0 Å². The lowest BCUT2D eigenvalue weighted by atomic mass is 10.0. The van der Waals surface area contributed by atoms with Crippen LogP contribution in [-0.2, 0) is 4.79 Å². The molecule has 26 heavy (non-hydrogen) atoms. The number of amides is 1. The Morgan fingerprint density at radius 3 is 2.69 bits per heavy atom. The molecule has 0 unspecified atom stereocenters. The zero-order valence-corrected chi connectivity index (χ0v) is 16.1. The smallest absolute Gasteiger partial charge is 0.233 e. The summed E-state index contributed by atoms with van der Waals surface area (Å²) >= 11 is 1.52. The van der Waals surface area contributed by atoms with Crippen molar-refractivity contribution in [2.45, 2.75) is 62.6 Å². The summed E-state index contributed by atoms with van der Waals surface area (Å²) in [5.74, 6) is 2.22. The van der Waals surface area contributed by atoms with Crippen LogP contribution in [0.15, 0.2) is 35.5 Å². The molecule has 6 heteroatoms. The number of carbonyl (C=O) groups excluding carboxylic acids is 1. The van der Waals surface area contributed by atoms with Crippen molar-refractivity contribution >= 4 is 17.7 Å². The van der Waals surface area contributed by atoms with Gasteiger partial charge in [0.15, 0.2) is 5.16 Å². The SMILES string of the molecule is CC[C@H]1CCCCN1C(=O)CSc1nnc(C2CC2)n1-c1ccccc1. The summed E-state index contributed by atoms with van der Waals surface area (Å²) in [6.45, 7) is 3.08. The Morgan fingerprint density at radius 1 is 1.15 bits per heavy atom. The van der Waals surface area contributed by atoms with Gasteiger partial charge in [0, 0.05) is 24.2 Å². The third-order valence-corrected chi connectivity index (χ3v) is 6.27. The van der Waals surface area contributed by atoms with Crippen LogP contribution < -0.4 is 0 Å². The zero-order chi connectivity index (χ0) is 17.9. The standard InChI is InChI=1S/C20H26N4OS/c1-2-16-8-6-7-13-23(16)18(25)14-26-20-22-21-19(15-11-12-15)24(20)17-9-4-3-5-10-17/h3-5,9-10,15-16H,2,6-8,11-14H2,1H3/t16-/m0/s1. The number of piperidine rings is 1. The van der Waals surface area contributed by atoms with E-state index in [1.54, 1.807) is 0 Å². The maximum Gasteiger partial charge on any atom is 0.233 e. The summed E-state index contributed by atoms with van der Waals surface area (Å²) in [6.07, 6.45) is 6.91. The normalized spacial score (nSPS) is 20.3. The molecule has 0 N–H and O–H groups in total. The third kappa shape index (κ3) is 3.65. The molecule has 1 amide bonds. The highest BCUT2D eigenvalue weighted by molar-refractivity contribution is 7.99. The quantitative estimate of drug-likeness (QED) is 0.721. The van der Waals surface area contributed by atoms with Gasteiger partial charge in [0.1, 0.15) is 5.82 Å². The topological polar surface area (TPSA) is 51.0 Å². The number of para-hydroxylation sites is 1. The van der Waals surface area contributed by atoms with Crippen molar-refractivity contribution < 1.29 is 4.79 Å². The van der Waals surface area contributed by atoms with Gasteiger partial charge in [0.25, 0.3) is 0 Å². The van der Waals surface area contributed by atoms with Crippen molar-refractivity contribution in [1.29, 1.82) is 0 Å². The lowest BCUT2D eigenvalue weighted by molar-refractivity contribution is -0.132. The van der Waals surface area contributed by atoms with E-state index in [1.807, 2.05) is 18.2 Å². The minimum atomic E-state index is 0.233. The van der Waals surface area contributed by atoms with Gasteiger partial charge in [0.2, 0.25) is 5.91 Å². The van der Waals surface area contributed by atoms with Gasteiger partial charge in [-0.05, 0) is 50.7 Å². The average Bonchev–Trinajstić information content (AvgIpc) is 3.46. The van der Waals surface area contributed by atoms with E-state index in [-0.39, 0.29) is 5.91 Å². The summed E-state index contributed by atoms with van der Waals surface area (Å²) in [4.78, 5) is 14.9. The minimum Gasteiger partial charge on any atom is -0.339 e. The lowest BCUT2D eigenvalue weighted by Gasteiger charge is -2.35. The van der Waals surface area contributed by atoms with Crippen molar-refractivity contribution in [3.05, 3.63) is 36.2 Å². The summed E-state index contributed by atoms with van der Waals surface area (Å²) in [5.41, 5.74) is 1.08. The zero-order valence-electron chi connectivity index (χ0n) is 15.3. The van der Waals surface area contributed by atoms with Gasteiger partial charge in [-0.1, -0.05) is 36.9 Å². The molecule has 2 aromatic rings. The van der Waals surface area contributed by atoms with E-state index >= 15 is 0 Å². The second-order valence-electron chi connectivity index (χ2n) is 7.22. The second-order valence-corrected chi connectivity index (χ2v) is 8.16. The first-order chi connectivity index (χ1) is 12.8. The van der Waals surface area contributed by atoms with Gasteiger partial charge in [0.05, 0.1) is 5.75 Å². The average molecular weight is 371 g/mol. The molecule has 2 aliphatic rings. The Hall–Kier alpha value is -1.82. The lowest BCUT2D eigenvalue weighted by Crippen LogP contribution is -2.44. The van der Waals surface area contributed by atoms with E-state index in [0.29, 0.717) is 17.7 Å². The van der Waals surface area contributed by atoms with Crippen LogP contribution in [0.4, 0.5) is 0 Å². The van der Waals surface area contributed by atoms with E-state index < -0.39 is 0 Å². The van der Waals surface area contributed by atoms with E-state index in [9.17, 15) is 4.79 Å². The molecule has 0 bridgehead atoms. The molecule has 1 saturated carbocycles. The fourth-order valence-electron chi connectivity index (χ4n) is 3.76. The minimum absolute atomic E-state index is 0.233. The van der Waals surface area contributed by atoms with Gasteiger partial charge in [-0.3, -0.25) is 9.36 Å². The number of benzene rings is 1. The predicted molar refractivity (Wildman–Crippen MR) is 104 cm³/mol. The van der Waals surface area contributed by atoms with E-state index in [2.05, 4.69) is 38.7 Å². The van der Waals surface area contributed by atoms with E-state index in [4.69, 9.17) is 0 Å². The fourth-order valence-corrected chi connectivity index (χ4v) is 4.61. The number of aromatic nitrogens is 3. The highest BCUT2D eigenvalue weighted by Crippen LogP contribution is 2.41. The maximum atomic E-state index is 12.8. The van der Waals surface area contributed by atoms with E-state index in [1.165, 1.54) is 31.0 Å². The van der Waals surface area contributed by atoms with Crippen LogP contribution in [0.25, 0.3) is 5.69 Å². The van der Waals surface area contributed by atoms with Crippen molar-refractivity contribution in [3.8, 4) is 5.69 Å². The number of nitrogens with zero attached hydrogens (tertiary/aromatic N) is 4. The summed E-state index contributed by atoms with van der Waals surface area (Å²) in [6, 6.07) is 10.7. The van der Waals surface area contributed by atoms with Gasteiger partial charge in [-0.15, -0.1) is 10.2 Å². The van der Waals surface area contributed by atoms with Gasteiger partial charge < -0.3 is 4.90 Å². The monoisotopic (exact) mass is 370 g/mol. The van der Waals surface area contributed by atoms with Crippen LogP contribution in [-0.4, -0.2) is 43.9 Å². The summed E-state index contributed by atoms with van der Waals surface area (Å²) in [5, 5.41) is 9.69. The van der Waals surface area contributed by atoms with Gasteiger partial charge >= 0.3 is 0 Å². The third-order valence-electron chi connectivity index (χ3n) is 5.36. The number of carbonyl (C=O) groups is 1. The summed E-state index contributed by atoms with van der Waals surface area (Å²) < 4.78 is 2.14. The van der Waals surface area contributed by atoms with Crippen LogP contribution in [0.5, 0.6) is 0 Å². The van der Waals surface area contributed by atoms with Crippen LogP contribution >= 0.6 is 11.8 Å². The highest BCUT2D eigenvalue weighted by atomic mass is 32.2.